The van der Waals surface area contributed by atoms with Crippen LogP contribution in [0.1, 0.15) is 12.8 Å². The first kappa shape index (κ1) is 12.9. The average Bonchev–Trinajstić information content (AvgIpc) is 3.26. The van der Waals surface area contributed by atoms with Crippen LogP contribution in [0.3, 0.4) is 0 Å². The largest absolute Gasteiger partial charge is 0.381 e. The number of benzene rings is 1. The second kappa shape index (κ2) is 5.13. The Labute approximate surface area is 118 Å². The van der Waals surface area contributed by atoms with E-state index in [4.69, 9.17) is 0 Å². The average molecular weight is 289 g/mol. The van der Waals surface area contributed by atoms with Crippen molar-refractivity contribution >= 4 is 21.5 Å². The number of sulfonamides is 1. The van der Waals surface area contributed by atoms with E-state index in [-0.39, 0.29) is 4.90 Å². The van der Waals surface area contributed by atoms with E-state index in [1.807, 2.05) is 6.07 Å². The summed E-state index contributed by atoms with van der Waals surface area (Å²) in [7, 11) is -3.57. The summed E-state index contributed by atoms with van der Waals surface area (Å²) in [6.45, 7) is 0. The molecule has 1 heterocycles. The number of nitrogens with zero attached hydrogens (tertiary/aromatic N) is 1. The lowest BCUT2D eigenvalue weighted by Gasteiger charge is -2.08. The third kappa shape index (κ3) is 3.08. The first-order valence-corrected chi connectivity index (χ1v) is 7.92. The van der Waals surface area contributed by atoms with E-state index in [0.717, 1.165) is 5.69 Å². The molecule has 1 aromatic heterocycles. The second-order valence-corrected chi connectivity index (χ2v) is 6.45. The van der Waals surface area contributed by atoms with Crippen LogP contribution in [0.15, 0.2) is 53.6 Å². The van der Waals surface area contributed by atoms with Gasteiger partial charge in [-0.05, 0) is 37.1 Å². The van der Waals surface area contributed by atoms with Crippen LogP contribution in [0, 0.1) is 0 Å². The summed E-state index contributed by atoms with van der Waals surface area (Å²) in [5.74, 6) is 0.315. The van der Waals surface area contributed by atoms with E-state index >= 15 is 0 Å². The van der Waals surface area contributed by atoms with E-state index in [0.29, 0.717) is 11.9 Å². The summed E-state index contributed by atoms with van der Waals surface area (Å²) >= 11 is 0. The molecule has 1 fully saturated rings. The second-order valence-electron chi connectivity index (χ2n) is 4.77. The molecule has 0 saturated heterocycles. The topological polar surface area (TPSA) is 71.1 Å². The molecule has 6 heteroatoms. The molecule has 0 spiro atoms. The molecule has 1 aliphatic rings. The van der Waals surface area contributed by atoms with Crippen LogP contribution in [0.4, 0.5) is 11.5 Å². The third-order valence-corrected chi connectivity index (χ3v) is 4.37. The number of pyridine rings is 1. The van der Waals surface area contributed by atoms with Gasteiger partial charge in [0.2, 0.25) is 0 Å². The molecule has 0 radical (unpaired) electrons. The van der Waals surface area contributed by atoms with Gasteiger partial charge in [-0.3, -0.25) is 4.72 Å². The first-order chi connectivity index (χ1) is 9.63. The van der Waals surface area contributed by atoms with Crippen molar-refractivity contribution in [2.24, 2.45) is 0 Å². The van der Waals surface area contributed by atoms with Gasteiger partial charge in [0.05, 0.1) is 16.8 Å². The van der Waals surface area contributed by atoms with Crippen LogP contribution >= 0.6 is 0 Å². The molecular formula is C14H15N3O2S. The van der Waals surface area contributed by atoms with Crippen LogP contribution in [-0.2, 0) is 10.0 Å². The van der Waals surface area contributed by atoms with Crippen molar-refractivity contribution < 1.29 is 8.42 Å². The normalized spacial score (nSPS) is 14.8. The van der Waals surface area contributed by atoms with Crippen LogP contribution < -0.4 is 10.0 Å². The monoisotopic (exact) mass is 289 g/mol. The fourth-order valence-electron chi connectivity index (χ4n) is 1.80. The Kier molecular flexibility index (Phi) is 3.31. The Morgan fingerprint density at radius 1 is 1.05 bits per heavy atom. The maximum atomic E-state index is 12.1. The maximum Gasteiger partial charge on any atom is 0.263 e. The molecule has 1 aliphatic carbocycles. The van der Waals surface area contributed by atoms with E-state index in [1.165, 1.54) is 12.8 Å². The molecule has 3 rings (SSSR count). The standard InChI is InChI=1S/C14H15N3O2S/c18-20(19,13-4-2-1-3-5-13)17-14-9-8-12(10-15-14)16-11-6-7-11/h1-5,8-11,16H,6-7H2,(H,15,17). The molecule has 1 aromatic carbocycles. The molecule has 0 atom stereocenters. The van der Waals surface area contributed by atoms with Crippen LogP contribution in [0.2, 0.25) is 0 Å². The molecule has 2 N–H and O–H groups in total. The van der Waals surface area contributed by atoms with Gasteiger partial charge in [-0.2, -0.15) is 0 Å². The first-order valence-electron chi connectivity index (χ1n) is 6.44. The lowest BCUT2D eigenvalue weighted by Crippen LogP contribution is -2.13. The van der Waals surface area contributed by atoms with Gasteiger partial charge >= 0.3 is 0 Å². The molecule has 0 aliphatic heterocycles. The highest BCUT2D eigenvalue weighted by Crippen LogP contribution is 2.24. The molecule has 0 bridgehead atoms. The van der Waals surface area contributed by atoms with Crippen molar-refractivity contribution in [1.29, 1.82) is 0 Å². The van der Waals surface area contributed by atoms with E-state index in [2.05, 4.69) is 15.0 Å². The van der Waals surface area contributed by atoms with Crippen molar-refractivity contribution in [3.8, 4) is 0 Å². The van der Waals surface area contributed by atoms with Crippen molar-refractivity contribution in [3.63, 3.8) is 0 Å². The highest BCUT2D eigenvalue weighted by atomic mass is 32.2. The molecule has 0 amide bonds. The van der Waals surface area contributed by atoms with E-state index < -0.39 is 10.0 Å². The zero-order valence-electron chi connectivity index (χ0n) is 10.8. The summed E-state index contributed by atoms with van der Waals surface area (Å²) < 4.78 is 26.7. The highest BCUT2D eigenvalue weighted by Gasteiger charge is 2.21. The Bertz CT molecular complexity index is 680. The van der Waals surface area contributed by atoms with Gasteiger partial charge in [0, 0.05) is 6.04 Å². The number of hydrogen-bond acceptors (Lipinski definition) is 4. The Morgan fingerprint density at radius 2 is 1.80 bits per heavy atom. The zero-order valence-corrected chi connectivity index (χ0v) is 11.6. The smallest absolute Gasteiger partial charge is 0.263 e. The van der Waals surface area contributed by atoms with Crippen molar-refractivity contribution in [3.05, 3.63) is 48.7 Å². The number of anilines is 2. The predicted molar refractivity (Wildman–Crippen MR) is 78.1 cm³/mol. The molecule has 104 valence electrons. The Hall–Kier alpha value is -2.08. The fraction of sp³-hybridized carbons (Fsp3) is 0.214. The summed E-state index contributed by atoms with van der Waals surface area (Å²) in [6, 6.07) is 12.3. The molecular weight excluding hydrogens is 274 g/mol. The minimum Gasteiger partial charge on any atom is -0.381 e. The summed E-state index contributed by atoms with van der Waals surface area (Å²) in [4.78, 5) is 4.34. The number of aromatic nitrogens is 1. The van der Waals surface area contributed by atoms with Crippen molar-refractivity contribution in [1.82, 2.24) is 4.98 Å². The minimum absolute atomic E-state index is 0.224. The minimum atomic E-state index is -3.57. The molecule has 2 aromatic rings. The van der Waals surface area contributed by atoms with Gasteiger partial charge in [-0.25, -0.2) is 13.4 Å². The lowest BCUT2D eigenvalue weighted by molar-refractivity contribution is 0.601. The van der Waals surface area contributed by atoms with Crippen LogP contribution in [0.5, 0.6) is 0 Å². The van der Waals surface area contributed by atoms with E-state index in [1.54, 1.807) is 42.6 Å². The van der Waals surface area contributed by atoms with Gasteiger partial charge in [-0.1, -0.05) is 18.2 Å². The predicted octanol–water partition coefficient (Wildman–Crippen LogP) is 2.46. The van der Waals surface area contributed by atoms with Gasteiger partial charge in [-0.15, -0.1) is 0 Å². The summed E-state index contributed by atoms with van der Waals surface area (Å²) in [6.07, 6.45) is 4.01. The molecule has 0 unspecified atom stereocenters. The van der Waals surface area contributed by atoms with Gasteiger partial charge in [0.25, 0.3) is 10.0 Å². The van der Waals surface area contributed by atoms with Gasteiger partial charge < -0.3 is 5.32 Å². The maximum absolute atomic E-state index is 12.1. The molecule has 5 nitrogen and oxygen atoms in total. The molecule has 20 heavy (non-hydrogen) atoms. The lowest BCUT2D eigenvalue weighted by atomic mass is 10.4. The third-order valence-electron chi connectivity index (χ3n) is 3.00. The fourth-order valence-corrected chi connectivity index (χ4v) is 2.83. The SMILES string of the molecule is O=S(=O)(Nc1ccc(NC2CC2)cn1)c1ccccc1. The van der Waals surface area contributed by atoms with Crippen LogP contribution in [-0.4, -0.2) is 19.4 Å². The highest BCUT2D eigenvalue weighted by molar-refractivity contribution is 7.92. The van der Waals surface area contributed by atoms with Crippen molar-refractivity contribution in [2.45, 2.75) is 23.8 Å². The number of nitrogens with one attached hydrogen (secondary N) is 2. The Morgan fingerprint density at radius 3 is 2.40 bits per heavy atom. The Balaban J connectivity index is 1.73. The summed E-state index contributed by atoms with van der Waals surface area (Å²) in [5, 5.41) is 3.30. The number of rotatable bonds is 5. The van der Waals surface area contributed by atoms with Crippen molar-refractivity contribution in [2.75, 3.05) is 10.0 Å². The van der Waals surface area contributed by atoms with E-state index in [9.17, 15) is 8.42 Å². The number of hydrogen-bond donors (Lipinski definition) is 2. The summed E-state index contributed by atoms with van der Waals surface area (Å²) in [5.41, 5.74) is 0.912. The quantitative estimate of drug-likeness (QED) is 0.887. The molecule has 1 saturated carbocycles. The van der Waals surface area contributed by atoms with Gasteiger partial charge in [0.1, 0.15) is 5.82 Å². The zero-order chi connectivity index (χ0) is 14.0. The van der Waals surface area contributed by atoms with Gasteiger partial charge in [0.15, 0.2) is 0 Å². The van der Waals surface area contributed by atoms with Crippen LogP contribution in [0.25, 0.3) is 0 Å².